The van der Waals surface area contributed by atoms with E-state index in [1.54, 1.807) is 0 Å². The van der Waals surface area contributed by atoms with Gasteiger partial charge < -0.3 is 5.32 Å². The Balaban J connectivity index is 2.38. The quantitative estimate of drug-likeness (QED) is 0.613. The summed E-state index contributed by atoms with van der Waals surface area (Å²) in [4.78, 5) is 0. The summed E-state index contributed by atoms with van der Waals surface area (Å²) in [7, 11) is 0. The van der Waals surface area contributed by atoms with Crippen molar-refractivity contribution < 1.29 is 0 Å². The highest BCUT2D eigenvalue weighted by Gasteiger charge is 2.06. The van der Waals surface area contributed by atoms with Gasteiger partial charge in [0, 0.05) is 10.0 Å². The molecular formula is C16H24BrN. The van der Waals surface area contributed by atoms with Gasteiger partial charge in [-0.05, 0) is 64.8 Å². The Labute approximate surface area is 120 Å². The predicted octanol–water partition coefficient (Wildman–Crippen LogP) is 4.72. The lowest BCUT2D eigenvalue weighted by atomic mass is 10.1. The van der Waals surface area contributed by atoms with E-state index in [0.717, 1.165) is 23.9 Å². The Morgan fingerprint density at radius 3 is 2.67 bits per heavy atom. The molecule has 0 heterocycles. The zero-order valence-electron chi connectivity index (χ0n) is 11.9. The monoisotopic (exact) mass is 309 g/mol. The van der Waals surface area contributed by atoms with E-state index in [2.05, 4.69) is 79.3 Å². The smallest absolute Gasteiger partial charge is 0.0178 e. The third-order valence-corrected chi connectivity index (χ3v) is 3.16. The second-order valence-electron chi connectivity index (χ2n) is 5.82. The second kappa shape index (κ2) is 7.10. The Morgan fingerprint density at radius 1 is 1.33 bits per heavy atom. The van der Waals surface area contributed by atoms with Gasteiger partial charge in [0.15, 0.2) is 0 Å². The van der Waals surface area contributed by atoms with Crippen LogP contribution in [0.25, 0.3) is 0 Å². The molecule has 0 aliphatic rings. The van der Waals surface area contributed by atoms with Gasteiger partial charge in [-0.2, -0.15) is 0 Å². The van der Waals surface area contributed by atoms with Crippen LogP contribution in [-0.2, 0) is 6.42 Å². The lowest BCUT2D eigenvalue weighted by Crippen LogP contribution is -2.36. The number of hydrogen-bond acceptors (Lipinski definition) is 1. The maximum absolute atomic E-state index is 3.51. The summed E-state index contributed by atoms with van der Waals surface area (Å²) in [5.41, 5.74) is 3.01. The van der Waals surface area contributed by atoms with Crippen molar-refractivity contribution in [3.63, 3.8) is 0 Å². The molecule has 0 unspecified atom stereocenters. The summed E-state index contributed by atoms with van der Waals surface area (Å²) in [6.07, 6.45) is 4.46. The molecule has 1 N–H and O–H groups in total. The van der Waals surface area contributed by atoms with Crippen LogP contribution >= 0.6 is 15.9 Å². The fourth-order valence-corrected chi connectivity index (χ4v) is 2.25. The Kier molecular flexibility index (Phi) is 6.10. The van der Waals surface area contributed by atoms with Crippen molar-refractivity contribution in [1.82, 2.24) is 5.32 Å². The van der Waals surface area contributed by atoms with Crippen LogP contribution in [0.4, 0.5) is 0 Å². The van der Waals surface area contributed by atoms with Crippen molar-refractivity contribution in [2.75, 3.05) is 6.54 Å². The van der Waals surface area contributed by atoms with E-state index in [0.29, 0.717) is 0 Å². The van der Waals surface area contributed by atoms with Crippen molar-refractivity contribution in [1.29, 1.82) is 0 Å². The SMILES string of the molecule is CC(=CCCNC(C)(C)C)Cc1cccc(Br)c1. The standard InChI is InChI=1S/C16H24BrN/c1-13(7-6-10-18-16(2,3)4)11-14-8-5-9-15(17)12-14/h5,7-9,12,18H,6,10-11H2,1-4H3. The van der Waals surface area contributed by atoms with Crippen molar-refractivity contribution in [2.24, 2.45) is 0 Å². The molecule has 2 heteroatoms. The first kappa shape index (κ1) is 15.5. The topological polar surface area (TPSA) is 12.0 Å². The van der Waals surface area contributed by atoms with E-state index in [1.165, 1.54) is 11.1 Å². The fraction of sp³-hybridized carbons (Fsp3) is 0.500. The second-order valence-corrected chi connectivity index (χ2v) is 6.74. The molecule has 1 aromatic carbocycles. The van der Waals surface area contributed by atoms with Crippen LogP contribution in [0.5, 0.6) is 0 Å². The summed E-state index contributed by atoms with van der Waals surface area (Å²) in [6, 6.07) is 8.52. The highest BCUT2D eigenvalue weighted by molar-refractivity contribution is 9.10. The van der Waals surface area contributed by atoms with E-state index in [9.17, 15) is 0 Å². The highest BCUT2D eigenvalue weighted by atomic mass is 79.9. The van der Waals surface area contributed by atoms with Crippen molar-refractivity contribution in [2.45, 2.75) is 46.1 Å². The van der Waals surface area contributed by atoms with Gasteiger partial charge in [0.25, 0.3) is 0 Å². The third-order valence-electron chi connectivity index (χ3n) is 2.66. The molecule has 0 aliphatic heterocycles. The molecule has 18 heavy (non-hydrogen) atoms. The lowest BCUT2D eigenvalue weighted by Gasteiger charge is -2.19. The molecular weight excluding hydrogens is 286 g/mol. The largest absolute Gasteiger partial charge is 0.312 e. The van der Waals surface area contributed by atoms with Gasteiger partial charge in [0.1, 0.15) is 0 Å². The van der Waals surface area contributed by atoms with Crippen molar-refractivity contribution in [3.05, 3.63) is 46.0 Å². The molecule has 0 aliphatic carbocycles. The summed E-state index contributed by atoms with van der Waals surface area (Å²) in [5.74, 6) is 0. The first-order chi connectivity index (χ1) is 8.37. The molecule has 0 radical (unpaired) electrons. The van der Waals surface area contributed by atoms with Crippen LogP contribution in [0.15, 0.2) is 40.4 Å². The summed E-state index contributed by atoms with van der Waals surface area (Å²) in [5, 5.41) is 3.50. The molecule has 0 bridgehead atoms. The van der Waals surface area contributed by atoms with Crippen LogP contribution in [0.2, 0.25) is 0 Å². The molecule has 1 rings (SSSR count). The third kappa shape index (κ3) is 6.97. The van der Waals surface area contributed by atoms with E-state index in [4.69, 9.17) is 0 Å². The molecule has 1 aromatic rings. The van der Waals surface area contributed by atoms with Gasteiger partial charge in [0.05, 0.1) is 0 Å². The molecule has 0 spiro atoms. The van der Waals surface area contributed by atoms with Crippen LogP contribution < -0.4 is 5.32 Å². The maximum Gasteiger partial charge on any atom is 0.0178 e. The van der Waals surface area contributed by atoms with Crippen molar-refractivity contribution in [3.8, 4) is 0 Å². The molecule has 0 amide bonds. The van der Waals surface area contributed by atoms with Gasteiger partial charge in [-0.15, -0.1) is 0 Å². The van der Waals surface area contributed by atoms with Crippen LogP contribution in [0.3, 0.4) is 0 Å². The Morgan fingerprint density at radius 2 is 2.06 bits per heavy atom. The first-order valence-corrected chi connectivity index (χ1v) is 7.31. The maximum atomic E-state index is 3.51. The molecule has 100 valence electrons. The minimum Gasteiger partial charge on any atom is -0.312 e. The number of hydrogen-bond donors (Lipinski definition) is 1. The Bertz CT molecular complexity index is 402. The van der Waals surface area contributed by atoms with E-state index < -0.39 is 0 Å². The van der Waals surface area contributed by atoms with Gasteiger partial charge in [-0.25, -0.2) is 0 Å². The highest BCUT2D eigenvalue weighted by Crippen LogP contribution is 2.15. The fourth-order valence-electron chi connectivity index (χ4n) is 1.81. The summed E-state index contributed by atoms with van der Waals surface area (Å²) >= 11 is 3.51. The van der Waals surface area contributed by atoms with Gasteiger partial charge in [0.2, 0.25) is 0 Å². The molecule has 0 aromatic heterocycles. The normalized spacial score (nSPS) is 12.8. The zero-order chi connectivity index (χ0) is 13.6. The summed E-state index contributed by atoms with van der Waals surface area (Å²) < 4.78 is 1.15. The summed E-state index contributed by atoms with van der Waals surface area (Å²) in [6.45, 7) is 9.85. The number of nitrogens with one attached hydrogen (secondary N) is 1. The van der Waals surface area contributed by atoms with Crippen molar-refractivity contribution >= 4 is 15.9 Å². The zero-order valence-corrected chi connectivity index (χ0v) is 13.5. The van der Waals surface area contributed by atoms with E-state index >= 15 is 0 Å². The van der Waals surface area contributed by atoms with Gasteiger partial charge in [-0.1, -0.05) is 39.7 Å². The van der Waals surface area contributed by atoms with Crippen LogP contribution in [0, 0.1) is 0 Å². The van der Waals surface area contributed by atoms with Gasteiger partial charge >= 0.3 is 0 Å². The molecule has 0 saturated heterocycles. The number of halogens is 1. The van der Waals surface area contributed by atoms with Crippen LogP contribution in [-0.4, -0.2) is 12.1 Å². The number of rotatable bonds is 5. The minimum atomic E-state index is 0.214. The van der Waals surface area contributed by atoms with E-state index in [-0.39, 0.29) is 5.54 Å². The number of allylic oxidation sites excluding steroid dienone is 1. The average Bonchev–Trinajstić information content (AvgIpc) is 2.23. The first-order valence-electron chi connectivity index (χ1n) is 6.52. The Hall–Kier alpha value is -0.600. The average molecular weight is 310 g/mol. The minimum absolute atomic E-state index is 0.214. The van der Waals surface area contributed by atoms with Crippen LogP contribution in [0.1, 0.15) is 39.7 Å². The van der Waals surface area contributed by atoms with E-state index in [1.807, 2.05) is 0 Å². The molecule has 0 saturated carbocycles. The molecule has 0 atom stereocenters. The molecule has 0 fully saturated rings. The molecule has 1 nitrogen and oxygen atoms in total. The number of benzene rings is 1. The predicted molar refractivity (Wildman–Crippen MR) is 84.0 cm³/mol. The van der Waals surface area contributed by atoms with Gasteiger partial charge in [-0.3, -0.25) is 0 Å². The lowest BCUT2D eigenvalue weighted by molar-refractivity contribution is 0.431.